The Kier molecular flexibility index (Phi) is 4.09. The maximum Gasteiger partial charge on any atom is 0.228 e. The molecule has 1 aromatic heterocycles. The maximum atomic E-state index is 6.12. The van der Waals surface area contributed by atoms with E-state index in [0.717, 1.165) is 11.3 Å². The van der Waals surface area contributed by atoms with Gasteiger partial charge in [0.05, 0.1) is 7.11 Å². The largest absolute Gasteiger partial charge is 0.497 e. The van der Waals surface area contributed by atoms with Gasteiger partial charge < -0.3 is 15.0 Å². The summed E-state index contributed by atoms with van der Waals surface area (Å²) in [7, 11) is 1.63. The van der Waals surface area contributed by atoms with Gasteiger partial charge in [-0.3, -0.25) is 0 Å². The molecule has 1 heterocycles. The minimum atomic E-state index is -0.0216. The Morgan fingerprint density at radius 2 is 1.90 bits per heavy atom. The molecule has 0 fully saturated rings. The predicted octanol–water partition coefficient (Wildman–Crippen LogP) is 2.66. The van der Waals surface area contributed by atoms with E-state index < -0.39 is 0 Å². The van der Waals surface area contributed by atoms with Gasteiger partial charge in [-0.2, -0.15) is 4.98 Å². The Labute approximate surface area is 119 Å². The van der Waals surface area contributed by atoms with Crippen molar-refractivity contribution in [3.8, 4) is 17.1 Å². The normalized spacial score (nSPS) is 13.2. The summed E-state index contributed by atoms with van der Waals surface area (Å²) in [6.07, 6.45) is 0.576. The van der Waals surface area contributed by atoms with Crippen molar-refractivity contribution in [2.45, 2.75) is 33.2 Å². The minimum absolute atomic E-state index is 0.00868. The maximum absolute atomic E-state index is 6.12. The van der Waals surface area contributed by atoms with E-state index >= 15 is 0 Å². The lowest BCUT2D eigenvalue weighted by Crippen LogP contribution is -2.36. The van der Waals surface area contributed by atoms with Crippen molar-refractivity contribution in [1.29, 1.82) is 0 Å². The molecule has 0 saturated heterocycles. The first-order valence-electron chi connectivity index (χ1n) is 6.63. The molecule has 0 bridgehead atoms. The number of ether oxygens (including phenoxy) is 1. The summed E-state index contributed by atoms with van der Waals surface area (Å²) in [5.41, 5.74) is 7.03. The molecule has 5 heteroatoms. The molecule has 108 valence electrons. The number of nitrogens with two attached hydrogens (primary N) is 1. The molecular weight excluding hydrogens is 254 g/mol. The fourth-order valence-corrected chi connectivity index (χ4v) is 1.69. The number of benzene rings is 1. The monoisotopic (exact) mass is 275 g/mol. The Morgan fingerprint density at radius 3 is 2.45 bits per heavy atom. The molecule has 0 aliphatic heterocycles. The topological polar surface area (TPSA) is 74.2 Å². The highest BCUT2D eigenvalue weighted by Gasteiger charge is 2.23. The van der Waals surface area contributed by atoms with Crippen molar-refractivity contribution in [2.75, 3.05) is 7.11 Å². The van der Waals surface area contributed by atoms with E-state index in [4.69, 9.17) is 15.0 Å². The van der Waals surface area contributed by atoms with E-state index in [0.29, 0.717) is 18.1 Å². The van der Waals surface area contributed by atoms with Gasteiger partial charge in [0.2, 0.25) is 11.7 Å². The van der Waals surface area contributed by atoms with Gasteiger partial charge in [-0.05, 0) is 29.7 Å². The van der Waals surface area contributed by atoms with Crippen LogP contribution in [0.3, 0.4) is 0 Å². The molecule has 0 amide bonds. The zero-order chi connectivity index (χ0) is 14.8. The second-order valence-corrected chi connectivity index (χ2v) is 5.92. The summed E-state index contributed by atoms with van der Waals surface area (Å²) >= 11 is 0. The van der Waals surface area contributed by atoms with Gasteiger partial charge in [-0.25, -0.2) is 0 Å². The lowest BCUT2D eigenvalue weighted by molar-refractivity contribution is 0.286. The van der Waals surface area contributed by atoms with E-state index in [1.54, 1.807) is 7.11 Å². The highest BCUT2D eigenvalue weighted by molar-refractivity contribution is 5.55. The van der Waals surface area contributed by atoms with Crippen LogP contribution in [0.25, 0.3) is 11.4 Å². The van der Waals surface area contributed by atoms with Crippen LogP contribution >= 0.6 is 0 Å². The molecule has 2 aromatic rings. The van der Waals surface area contributed by atoms with Gasteiger partial charge in [0, 0.05) is 18.0 Å². The zero-order valence-corrected chi connectivity index (χ0v) is 12.4. The molecule has 0 spiro atoms. The van der Waals surface area contributed by atoms with Crippen LogP contribution in [-0.2, 0) is 6.42 Å². The highest BCUT2D eigenvalue weighted by atomic mass is 16.5. The number of methoxy groups -OCH3 is 1. The van der Waals surface area contributed by atoms with Crippen molar-refractivity contribution in [3.63, 3.8) is 0 Å². The van der Waals surface area contributed by atoms with Crippen molar-refractivity contribution >= 4 is 0 Å². The third-order valence-corrected chi connectivity index (χ3v) is 3.32. The first-order valence-corrected chi connectivity index (χ1v) is 6.63. The molecule has 2 N–H and O–H groups in total. The van der Waals surface area contributed by atoms with Crippen LogP contribution in [-0.4, -0.2) is 23.3 Å². The van der Waals surface area contributed by atoms with Crippen LogP contribution in [0.1, 0.15) is 26.7 Å². The Bertz CT molecular complexity index is 555. The molecule has 0 radical (unpaired) electrons. The Morgan fingerprint density at radius 1 is 1.25 bits per heavy atom. The third-order valence-electron chi connectivity index (χ3n) is 3.32. The van der Waals surface area contributed by atoms with E-state index in [1.165, 1.54) is 0 Å². The minimum Gasteiger partial charge on any atom is -0.497 e. The molecule has 0 saturated carbocycles. The van der Waals surface area contributed by atoms with Crippen LogP contribution in [0, 0.1) is 5.41 Å². The zero-order valence-electron chi connectivity index (χ0n) is 12.4. The number of hydrogen-bond acceptors (Lipinski definition) is 5. The number of rotatable bonds is 4. The summed E-state index contributed by atoms with van der Waals surface area (Å²) in [5, 5.41) is 3.99. The molecule has 5 nitrogen and oxygen atoms in total. The van der Waals surface area contributed by atoms with Gasteiger partial charge >= 0.3 is 0 Å². The first kappa shape index (κ1) is 14.5. The second-order valence-electron chi connectivity index (χ2n) is 5.92. The predicted molar refractivity (Wildman–Crippen MR) is 77.4 cm³/mol. The van der Waals surface area contributed by atoms with Gasteiger partial charge in [0.1, 0.15) is 5.75 Å². The van der Waals surface area contributed by atoms with Crippen molar-refractivity contribution in [3.05, 3.63) is 30.2 Å². The van der Waals surface area contributed by atoms with Crippen LogP contribution in [0.15, 0.2) is 28.8 Å². The summed E-state index contributed by atoms with van der Waals surface area (Å²) < 4.78 is 10.4. The number of aromatic nitrogens is 2. The van der Waals surface area contributed by atoms with Crippen molar-refractivity contribution < 1.29 is 9.26 Å². The fourth-order valence-electron chi connectivity index (χ4n) is 1.69. The van der Waals surface area contributed by atoms with E-state index in [1.807, 2.05) is 24.3 Å². The molecule has 0 aliphatic carbocycles. The van der Waals surface area contributed by atoms with Crippen LogP contribution in [0.4, 0.5) is 0 Å². The molecule has 0 aliphatic rings. The van der Waals surface area contributed by atoms with E-state index in [2.05, 4.69) is 30.9 Å². The molecular formula is C15H21N3O2. The summed E-state index contributed by atoms with van der Waals surface area (Å²) in [6, 6.07) is 7.51. The lowest BCUT2D eigenvalue weighted by atomic mass is 9.85. The molecule has 20 heavy (non-hydrogen) atoms. The molecule has 1 atom stereocenters. The smallest absolute Gasteiger partial charge is 0.228 e. The standard InChI is InChI=1S/C15H21N3O2/c1-15(2,3)12(16)9-13-17-14(18-20-13)10-5-7-11(19-4)8-6-10/h5-8,12H,9,16H2,1-4H3. The van der Waals surface area contributed by atoms with Gasteiger partial charge in [0.15, 0.2) is 0 Å². The van der Waals surface area contributed by atoms with E-state index in [9.17, 15) is 0 Å². The van der Waals surface area contributed by atoms with Gasteiger partial charge in [0.25, 0.3) is 0 Å². The second kappa shape index (κ2) is 5.63. The molecule has 2 rings (SSSR count). The lowest BCUT2D eigenvalue weighted by Gasteiger charge is -2.25. The summed E-state index contributed by atoms with van der Waals surface area (Å²) in [5.74, 6) is 1.94. The quantitative estimate of drug-likeness (QED) is 0.928. The first-order chi connectivity index (χ1) is 9.40. The Hall–Kier alpha value is -1.88. The van der Waals surface area contributed by atoms with Crippen LogP contribution < -0.4 is 10.5 Å². The highest BCUT2D eigenvalue weighted by Crippen LogP contribution is 2.23. The summed E-state index contributed by atoms with van der Waals surface area (Å²) in [4.78, 5) is 4.39. The average Bonchev–Trinajstić information content (AvgIpc) is 2.86. The Balaban J connectivity index is 2.12. The fraction of sp³-hybridized carbons (Fsp3) is 0.467. The van der Waals surface area contributed by atoms with E-state index in [-0.39, 0.29) is 11.5 Å². The van der Waals surface area contributed by atoms with Crippen LogP contribution in [0.5, 0.6) is 5.75 Å². The average molecular weight is 275 g/mol. The van der Waals surface area contributed by atoms with Crippen molar-refractivity contribution in [2.24, 2.45) is 11.1 Å². The van der Waals surface area contributed by atoms with Gasteiger partial charge in [-0.15, -0.1) is 0 Å². The number of nitrogens with zero attached hydrogens (tertiary/aromatic N) is 2. The van der Waals surface area contributed by atoms with Crippen molar-refractivity contribution in [1.82, 2.24) is 10.1 Å². The van der Waals surface area contributed by atoms with Gasteiger partial charge in [-0.1, -0.05) is 25.9 Å². The molecule has 1 aromatic carbocycles. The van der Waals surface area contributed by atoms with Crippen LogP contribution in [0.2, 0.25) is 0 Å². The third kappa shape index (κ3) is 3.36. The number of hydrogen-bond donors (Lipinski definition) is 1. The summed E-state index contributed by atoms with van der Waals surface area (Å²) in [6.45, 7) is 6.29. The molecule has 1 unspecified atom stereocenters. The SMILES string of the molecule is COc1ccc(-c2noc(CC(N)C(C)(C)C)n2)cc1.